The average molecular weight is 941 g/mol. The molecule has 6 atom stereocenters. The van der Waals surface area contributed by atoms with Gasteiger partial charge >= 0.3 is 23.9 Å². The zero-order valence-corrected chi connectivity index (χ0v) is 41.4. The lowest BCUT2D eigenvalue weighted by Crippen LogP contribution is -2.61. The summed E-state index contributed by atoms with van der Waals surface area (Å²) in [5.74, 6) is -3.23. The number of carbonyl (C=O) groups excluding carboxylic acids is 3. The van der Waals surface area contributed by atoms with E-state index in [1.165, 1.54) is 25.7 Å². The summed E-state index contributed by atoms with van der Waals surface area (Å²) >= 11 is 0. The van der Waals surface area contributed by atoms with E-state index in [1.54, 1.807) is 0 Å². The number of ether oxygens (including phenoxy) is 5. The molecule has 1 heterocycles. The number of aliphatic carboxylic acids is 1. The van der Waals surface area contributed by atoms with Gasteiger partial charge < -0.3 is 39.0 Å². The Hall–Kier alpha value is -4.10. The third kappa shape index (κ3) is 33.9. The van der Waals surface area contributed by atoms with E-state index >= 15 is 0 Å². The standard InChI is InChI=1S/C55H88O12/c1-4-7-10-13-16-19-21-23-24-26-27-30-32-35-38-41-47(56)63-44-46(65-48(57)42-39-36-34-31-28-25-22-20-17-14-11-8-5-2)45-64-55-53(51(60)50(59)52(67-55)54(61)62)66-49(58)43-40-37-33-29-18-15-12-9-6-3/h7-8,10-11,16-17,19-20,23-25,27-28,30,46,50-53,55,59-60H,4-6,9,12-15,18,21-22,26,29,31-45H2,1-3H3,(H,61,62)/b10-7-,11-8-,19-16-,20-17-,24-23-,28-25-,30-27-. The fourth-order valence-electron chi connectivity index (χ4n) is 7.08. The highest BCUT2D eigenvalue weighted by atomic mass is 16.7. The highest BCUT2D eigenvalue weighted by Gasteiger charge is 2.50. The van der Waals surface area contributed by atoms with Crippen LogP contribution in [0.1, 0.15) is 188 Å². The van der Waals surface area contributed by atoms with Crippen molar-refractivity contribution < 1.29 is 58.2 Å². The maximum atomic E-state index is 13.0. The quantitative estimate of drug-likeness (QED) is 0.0229. The van der Waals surface area contributed by atoms with E-state index in [1.807, 2.05) is 0 Å². The molecule has 12 heteroatoms. The first-order chi connectivity index (χ1) is 32.6. The number of allylic oxidation sites excluding steroid dienone is 14. The summed E-state index contributed by atoms with van der Waals surface area (Å²) in [6.45, 7) is 5.63. The van der Waals surface area contributed by atoms with Crippen LogP contribution in [0.3, 0.4) is 0 Å². The van der Waals surface area contributed by atoms with Gasteiger partial charge in [-0.15, -0.1) is 0 Å². The van der Waals surface area contributed by atoms with Gasteiger partial charge in [0.2, 0.25) is 0 Å². The lowest BCUT2D eigenvalue weighted by molar-refractivity contribution is -0.301. The highest BCUT2D eigenvalue weighted by Crippen LogP contribution is 2.26. The van der Waals surface area contributed by atoms with E-state index in [9.17, 15) is 34.5 Å². The van der Waals surface area contributed by atoms with Gasteiger partial charge in [0.1, 0.15) is 18.8 Å². The number of hydrogen-bond acceptors (Lipinski definition) is 11. The SMILES string of the molecule is CC/C=C\C/C=C\C/C=C\C/C=C\CCCCC(=O)OCC(COC1OC(C(=O)O)C(O)C(O)C1OC(=O)CCCCCCCCCCC)OC(=O)CCCCC/C=C\C/C=C\C/C=C\CC. The van der Waals surface area contributed by atoms with Gasteiger partial charge in [0.15, 0.2) is 24.6 Å². The molecule has 0 aliphatic carbocycles. The first-order valence-corrected chi connectivity index (χ1v) is 25.6. The predicted molar refractivity (Wildman–Crippen MR) is 266 cm³/mol. The lowest BCUT2D eigenvalue weighted by atomic mass is 9.98. The number of aliphatic hydroxyl groups is 2. The Kier molecular flexibility index (Phi) is 39.3. The summed E-state index contributed by atoms with van der Waals surface area (Å²) in [7, 11) is 0. The molecule has 0 aromatic heterocycles. The van der Waals surface area contributed by atoms with Crippen molar-refractivity contribution in [2.75, 3.05) is 13.2 Å². The summed E-state index contributed by atoms with van der Waals surface area (Å²) in [5, 5.41) is 31.2. The minimum atomic E-state index is -1.91. The van der Waals surface area contributed by atoms with Gasteiger partial charge in [0.25, 0.3) is 0 Å². The normalized spacial score (nSPS) is 19.6. The van der Waals surface area contributed by atoms with Crippen LogP contribution in [0.2, 0.25) is 0 Å². The van der Waals surface area contributed by atoms with Crippen LogP contribution < -0.4 is 0 Å². The summed E-state index contributed by atoms with van der Waals surface area (Å²) < 4.78 is 28.2. The van der Waals surface area contributed by atoms with Gasteiger partial charge in [-0.1, -0.05) is 164 Å². The maximum absolute atomic E-state index is 13.0. The van der Waals surface area contributed by atoms with Crippen LogP contribution in [0, 0.1) is 0 Å². The fraction of sp³-hybridized carbons (Fsp3) is 0.673. The zero-order chi connectivity index (χ0) is 49.0. The molecule has 0 aromatic rings. The minimum absolute atomic E-state index is 0.0503. The van der Waals surface area contributed by atoms with Crippen LogP contribution in [-0.4, -0.2) is 89.2 Å². The molecule has 1 fully saturated rings. The van der Waals surface area contributed by atoms with Gasteiger partial charge in [-0.3, -0.25) is 14.4 Å². The number of esters is 3. The van der Waals surface area contributed by atoms with E-state index in [0.717, 1.165) is 103 Å². The molecule has 0 radical (unpaired) electrons. The Morgan fingerprint density at radius 3 is 1.46 bits per heavy atom. The monoisotopic (exact) mass is 941 g/mol. The summed E-state index contributed by atoms with van der Waals surface area (Å²) in [5.41, 5.74) is 0. The molecule has 0 amide bonds. The molecule has 0 spiro atoms. The first-order valence-electron chi connectivity index (χ1n) is 25.6. The van der Waals surface area contributed by atoms with Crippen LogP contribution >= 0.6 is 0 Å². The Labute approximate surface area is 403 Å². The number of carboxylic acid groups (broad SMARTS) is 1. The number of unbranched alkanes of at least 4 members (excludes halogenated alkanes) is 13. The Bertz CT molecular complexity index is 1490. The molecule has 6 unspecified atom stereocenters. The molecule has 1 saturated heterocycles. The molecule has 1 rings (SSSR count). The van der Waals surface area contributed by atoms with Crippen molar-refractivity contribution in [1.29, 1.82) is 0 Å². The van der Waals surface area contributed by atoms with E-state index < -0.39 is 67.3 Å². The maximum Gasteiger partial charge on any atom is 0.335 e. The van der Waals surface area contributed by atoms with Gasteiger partial charge in [0.05, 0.1) is 6.61 Å². The zero-order valence-electron chi connectivity index (χ0n) is 41.4. The van der Waals surface area contributed by atoms with Crippen LogP contribution in [0.15, 0.2) is 85.1 Å². The van der Waals surface area contributed by atoms with Crippen molar-refractivity contribution in [3.63, 3.8) is 0 Å². The lowest BCUT2D eigenvalue weighted by Gasteiger charge is -2.40. The second kappa shape index (κ2) is 43.2. The largest absolute Gasteiger partial charge is 0.479 e. The van der Waals surface area contributed by atoms with Crippen LogP contribution in [0.4, 0.5) is 0 Å². The molecule has 380 valence electrons. The molecule has 12 nitrogen and oxygen atoms in total. The van der Waals surface area contributed by atoms with E-state index in [4.69, 9.17) is 23.7 Å². The van der Waals surface area contributed by atoms with Crippen LogP contribution in [0.25, 0.3) is 0 Å². The number of carbonyl (C=O) groups is 4. The van der Waals surface area contributed by atoms with Gasteiger partial charge in [-0.05, 0) is 89.9 Å². The van der Waals surface area contributed by atoms with Crippen LogP contribution in [0.5, 0.6) is 0 Å². The van der Waals surface area contributed by atoms with Crippen LogP contribution in [-0.2, 0) is 42.9 Å². The second-order valence-corrected chi connectivity index (χ2v) is 17.0. The molecule has 1 aliphatic heterocycles. The van der Waals surface area contributed by atoms with Crippen molar-refractivity contribution in [2.24, 2.45) is 0 Å². The van der Waals surface area contributed by atoms with Crippen molar-refractivity contribution in [3.8, 4) is 0 Å². The smallest absolute Gasteiger partial charge is 0.335 e. The predicted octanol–water partition coefficient (Wildman–Crippen LogP) is 12.0. The Morgan fingerprint density at radius 2 is 0.940 bits per heavy atom. The number of aliphatic hydroxyl groups excluding tert-OH is 2. The topological polar surface area (TPSA) is 175 Å². The van der Waals surface area contributed by atoms with Crippen molar-refractivity contribution in [2.45, 2.75) is 225 Å². The Morgan fingerprint density at radius 1 is 0.507 bits per heavy atom. The van der Waals surface area contributed by atoms with Gasteiger partial charge in [0, 0.05) is 19.3 Å². The third-order valence-corrected chi connectivity index (χ3v) is 11.0. The molecule has 0 bridgehead atoms. The molecular formula is C55H88O12. The molecule has 0 aromatic carbocycles. The van der Waals surface area contributed by atoms with E-state index in [-0.39, 0.29) is 25.9 Å². The second-order valence-electron chi connectivity index (χ2n) is 17.0. The molecule has 0 saturated carbocycles. The molecule has 1 aliphatic rings. The minimum Gasteiger partial charge on any atom is -0.479 e. The van der Waals surface area contributed by atoms with E-state index in [2.05, 4.69) is 106 Å². The molecule has 3 N–H and O–H groups in total. The van der Waals surface area contributed by atoms with Gasteiger partial charge in [-0.25, -0.2) is 4.79 Å². The number of hydrogen-bond donors (Lipinski definition) is 3. The van der Waals surface area contributed by atoms with Crippen molar-refractivity contribution >= 4 is 23.9 Å². The summed E-state index contributed by atoms with van der Waals surface area (Å²) in [6.07, 6.45) is 41.7. The highest BCUT2D eigenvalue weighted by molar-refractivity contribution is 5.74. The first kappa shape index (κ1) is 60.9. The van der Waals surface area contributed by atoms with Crippen molar-refractivity contribution in [1.82, 2.24) is 0 Å². The molecule has 67 heavy (non-hydrogen) atoms. The Balaban J connectivity index is 2.79. The summed E-state index contributed by atoms with van der Waals surface area (Å²) in [6, 6.07) is 0. The summed E-state index contributed by atoms with van der Waals surface area (Å²) in [4.78, 5) is 50.7. The average Bonchev–Trinajstić information content (AvgIpc) is 3.31. The molecular weight excluding hydrogens is 853 g/mol. The number of carboxylic acids is 1. The van der Waals surface area contributed by atoms with Gasteiger partial charge in [-0.2, -0.15) is 0 Å². The third-order valence-electron chi connectivity index (χ3n) is 11.0. The van der Waals surface area contributed by atoms with Crippen molar-refractivity contribution in [3.05, 3.63) is 85.1 Å². The fourth-order valence-corrected chi connectivity index (χ4v) is 7.08. The van der Waals surface area contributed by atoms with E-state index in [0.29, 0.717) is 19.3 Å². The number of rotatable bonds is 41.